The Hall–Kier alpha value is -2.20. The van der Waals surface area contributed by atoms with Crippen molar-refractivity contribution < 1.29 is 9.18 Å². The van der Waals surface area contributed by atoms with E-state index >= 15 is 0 Å². The van der Waals surface area contributed by atoms with Gasteiger partial charge in [0.15, 0.2) is 0 Å². The van der Waals surface area contributed by atoms with E-state index in [1.54, 1.807) is 18.2 Å². The maximum Gasteiger partial charge on any atom is 0.258 e. The minimum atomic E-state index is -0.522. The number of benzene rings is 2. The van der Waals surface area contributed by atoms with E-state index in [2.05, 4.69) is 10.6 Å². The molecule has 0 unspecified atom stereocenters. The maximum atomic E-state index is 13.5. The van der Waals surface area contributed by atoms with E-state index < -0.39 is 11.7 Å². The van der Waals surface area contributed by atoms with Gasteiger partial charge in [-0.3, -0.25) is 4.79 Å². The van der Waals surface area contributed by atoms with Gasteiger partial charge in [-0.2, -0.15) is 0 Å². The van der Waals surface area contributed by atoms with Crippen LogP contribution < -0.4 is 10.6 Å². The van der Waals surface area contributed by atoms with Gasteiger partial charge in [0.1, 0.15) is 5.82 Å². The van der Waals surface area contributed by atoms with Gasteiger partial charge >= 0.3 is 0 Å². The molecule has 1 amide bonds. The number of carbonyl (C=O) groups is 1. The lowest BCUT2D eigenvalue weighted by Gasteiger charge is -2.08. The van der Waals surface area contributed by atoms with Crippen molar-refractivity contribution in [3.63, 3.8) is 0 Å². The summed E-state index contributed by atoms with van der Waals surface area (Å²) in [7, 11) is 1.85. The molecule has 0 radical (unpaired) electrons. The van der Waals surface area contributed by atoms with Crippen LogP contribution in [-0.2, 0) is 6.54 Å². The van der Waals surface area contributed by atoms with Crippen molar-refractivity contribution in [3.05, 3.63) is 65.5 Å². The van der Waals surface area contributed by atoms with Crippen molar-refractivity contribution in [2.24, 2.45) is 0 Å². The predicted molar refractivity (Wildman–Crippen MR) is 73.6 cm³/mol. The molecule has 19 heavy (non-hydrogen) atoms. The molecule has 0 aliphatic heterocycles. The highest BCUT2D eigenvalue weighted by Gasteiger charge is 2.10. The Morgan fingerprint density at radius 2 is 1.95 bits per heavy atom. The van der Waals surface area contributed by atoms with Crippen LogP contribution in [0.1, 0.15) is 15.9 Å². The van der Waals surface area contributed by atoms with Gasteiger partial charge in [0.2, 0.25) is 0 Å². The van der Waals surface area contributed by atoms with Crippen molar-refractivity contribution in [2.75, 3.05) is 12.4 Å². The molecule has 0 aliphatic rings. The molecule has 4 heteroatoms. The Morgan fingerprint density at radius 1 is 1.16 bits per heavy atom. The van der Waals surface area contributed by atoms with Crippen LogP contribution in [0.25, 0.3) is 0 Å². The summed E-state index contributed by atoms with van der Waals surface area (Å²) in [4.78, 5) is 11.9. The van der Waals surface area contributed by atoms with Crippen LogP contribution in [0.2, 0.25) is 0 Å². The van der Waals surface area contributed by atoms with Gasteiger partial charge in [-0.15, -0.1) is 0 Å². The SMILES string of the molecule is CNCc1cccc(NC(=O)c2ccccc2F)c1. The van der Waals surface area contributed by atoms with Crippen LogP contribution in [0.4, 0.5) is 10.1 Å². The molecule has 0 aliphatic carbocycles. The topological polar surface area (TPSA) is 41.1 Å². The highest BCUT2D eigenvalue weighted by Crippen LogP contribution is 2.13. The molecule has 2 aromatic rings. The largest absolute Gasteiger partial charge is 0.322 e. The molecule has 0 atom stereocenters. The zero-order chi connectivity index (χ0) is 13.7. The molecule has 2 rings (SSSR count). The van der Waals surface area contributed by atoms with Crippen LogP contribution in [-0.4, -0.2) is 13.0 Å². The predicted octanol–water partition coefficient (Wildman–Crippen LogP) is 2.80. The average molecular weight is 258 g/mol. The van der Waals surface area contributed by atoms with Crippen LogP contribution in [0.5, 0.6) is 0 Å². The second kappa shape index (κ2) is 6.11. The van der Waals surface area contributed by atoms with Crippen LogP contribution in [0.3, 0.4) is 0 Å². The van der Waals surface area contributed by atoms with Gasteiger partial charge in [0.05, 0.1) is 5.56 Å². The summed E-state index contributed by atoms with van der Waals surface area (Å²) in [5.74, 6) is -0.967. The lowest BCUT2D eigenvalue weighted by molar-refractivity contribution is 0.102. The molecule has 2 aromatic carbocycles. The molecule has 0 bridgehead atoms. The summed E-state index contributed by atoms with van der Waals surface area (Å²) in [6, 6.07) is 13.4. The van der Waals surface area contributed by atoms with Gasteiger partial charge in [-0.05, 0) is 36.9 Å². The Kier molecular flexibility index (Phi) is 4.26. The molecule has 2 N–H and O–H groups in total. The maximum absolute atomic E-state index is 13.5. The molecule has 0 spiro atoms. The first-order chi connectivity index (χ1) is 9.20. The fourth-order valence-corrected chi connectivity index (χ4v) is 1.81. The van der Waals surface area contributed by atoms with E-state index in [4.69, 9.17) is 0 Å². The Labute approximate surface area is 111 Å². The number of carbonyl (C=O) groups excluding carboxylic acids is 1. The van der Waals surface area contributed by atoms with E-state index in [1.807, 2.05) is 25.2 Å². The van der Waals surface area contributed by atoms with Crippen LogP contribution in [0, 0.1) is 5.82 Å². The normalized spacial score (nSPS) is 10.2. The molecule has 0 aromatic heterocycles. The summed E-state index contributed by atoms with van der Waals surface area (Å²) in [6.45, 7) is 0.712. The number of rotatable bonds is 4. The third-order valence-electron chi connectivity index (χ3n) is 2.68. The standard InChI is InChI=1S/C15H15FN2O/c1-17-10-11-5-4-6-12(9-11)18-15(19)13-7-2-3-8-14(13)16/h2-9,17H,10H2,1H3,(H,18,19). The number of nitrogens with one attached hydrogen (secondary N) is 2. The third kappa shape index (κ3) is 3.39. The van der Waals surface area contributed by atoms with E-state index in [9.17, 15) is 9.18 Å². The second-order valence-electron chi connectivity index (χ2n) is 4.16. The van der Waals surface area contributed by atoms with Gasteiger partial charge in [0.25, 0.3) is 5.91 Å². The molecule has 0 heterocycles. The molecular weight excluding hydrogens is 243 g/mol. The minimum absolute atomic E-state index is 0.0431. The smallest absolute Gasteiger partial charge is 0.258 e. The Balaban J connectivity index is 2.15. The zero-order valence-corrected chi connectivity index (χ0v) is 10.6. The summed E-state index contributed by atoms with van der Waals surface area (Å²) in [6.07, 6.45) is 0. The number of halogens is 1. The molecular formula is C15H15FN2O. The minimum Gasteiger partial charge on any atom is -0.322 e. The van der Waals surface area contributed by atoms with Crippen molar-refractivity contribution in [1.82, 2.24) is 5.32 Å². The summed E-state index contributed by atoms with van der Waals surface area (Å²) in [5, 5.41) is 5.72. The number of hydrogen-bond acceptors (Lipinski definition) is 2. The van der Waals surface area contributed by atoms with Gasteiger partial charge in [0, 0.05) is 12.2 Å². The zero-order valence-electron chi connectivity index (χ0n) is 10.6. The van der Waals surface area contributed by atoms with Crippen molar-refractivity contribution in [1.29, 1.82) is 0 Å². The number of anilines is 1. The first-order valence-electron chi connectivity index (χ1n) is 6.00. The van der Waals surface area contributed by atoms with Gasteiger partial charge in [-0.25, -0.2) is 4.39 Å². The molecule has 0 fully saturated rings. The average Bonchev–Trinajstić information content (AvgIpc) is 2.40. The fraction of sp³-hybridized carbons (Fsp3) is 0.133. The first-order valence-corrected chi connectivity index (χ1v) is 6.00. The lowest BCUT2D eigenvalue weighted by atomic mass is 10.1. The lowest BCUT2D eigenvalue weighted by Crippen LogP contribution is -2.14. The van der Waals surface area contributed by atoms with E-state index in [0.717, 1.165) is 5.56 Å². The quantitative estimate of drug-likeness (QED) is 0.885. The van der Waals surface area contributed by atoms with Gasteiger partial charge < -0.3 is 10.6 Å². The van der Waals surface area contributed by atoms with E-state index in [-0.39, 0.29) is 5.56 Å². The number of hydrogen-bond donors (Lipinski definition) is 2. The molecule has 98 valence electrons. The number of amides is 1. The summed E-state index contributed by atoms with van der Waals surface area (Å²) < 4.78 is 13.5. The van der Waals surface area contributed by atoms with Crippen molar-refractivity contribution >= 4 is 11.6 Å². The fourth-order valence-electron chi connectivity index (χ4n) is 1.81. The first kappa shape index (κ1) is 13.2. The molecule has 0 saturated heterocycles. The summed E-state index contributed by atoms with van der Waals surface area (Å²) >= 11 is 0. The van der Waals surface area contributed by atoms with Crippen LogP contribution >= 0.6 is 0 Å². The highest BCUT2D eigenvalue weighted by molar-refractivity contribution is 6.04. The molecule has 3 nitrogen and oxygen atoms in total. The van der Waals surface area contributed by atoms with Crippen molar-refractivity contribution in [2.45, 2.75) is 6.54 Å². The van der Waals surface area contributed by atoms with E-state index in [1.165, 1.54) is 12.1 Å². The Morgan fingerprint density at radius 3 is 2.68 bits per heavy atom. The van der Waals surface area contributed by atoms with Crippen LogP contribution in [0.15, 0.2) is 48.5 Å². The van der Waals surface area contributed by atoms with E-state index in [0.29, 0.717) is 12.2 Å². The Bertz CT molecular complexity index is 584. The summed E-state index contributed by atoms with van der Waals surface area (Å²) in [5.41, 5.74) is 1.75. The van der Waals surface area contributed by atoms with Gasteiger partial charge in [-0.1, -0.05) is 24.3 Å². The second-order valence-corrected chi connectivity index (χ2v) is 4.16. The third-order valence-corrected chi connectivity index (χ3v) is 2.68. The van der Waals surface area contributed by atoms with Crippen molar-refractivity contribution in [3.8, 4) is 0 Å². The highest BCUT2D eigenvalue weighted by atomic mass is 19.1. The monoisotopic (exact) mass is 258 g/mol. The molecule has 0 saturated carbocycles.